The fraction of sp³-hybridized carbons (Fsp3) is 0.500. The van der Waals surface area contributed by atoms with E-state index in [1.165, 1.54) is 0 Å². The van der Waals surface area contributed by atoms with Crippen LogP contribution in [0.15, 0.2) is 12.2 Å². The largest absolute Gasteiger partial charge is 0.377 e. The van der Waals surface area contributed by atoms with Crippen LogP contribution in [0.2, 0.25) is 0 Å². The fourth-order valence-corrected chi connectivity index (χ4v) is 0.248. The average molecular weight is 99.2 g/mol. The van der Waals surface area contributed by atoms with Crippen molar-refractivity contribution < 1.29 is 4.74 Å². The topological polar surface area (TPSA) is 9.23 Å². The SMILES string of the molecule is [CH2]COC/C=C/C. The number of ether oxygens (including phenoxy) is 1. The summed E-state index contributed by atoms with van der Waals surface area (Å²) in [5, 5.41) is 0. The summed E-state index contributed by atoms with van der Waals surface area (Å²) < 4.78 is 4.88. The maximum absolute atomic E-state index is 4.88. The fourth-order valence-electron chi connectivity index (χ4n) is 0.248. The average Bonchev–Trinajstić information content (AvgIpc) is 1.69. The van der Waals surface area contributed by atoms with Gasteiger partial charge in [0.05, 0.1) is 6.61 Å². The molecule has 0 fully saturated rings. The summed E-state index contributed by atoms with van der Waals surface area (Å²) in [4.78, 5) is 0. The van der Waals surface area contributed by atoms with Crippen LogP contribution in [0, 0.1) is 6.92 Å². The third-order valence-corrected chi connectivity index (χ3v) is 0.594. The summed E-state index contributed by atoms with van der Waals surface area (Å²) in [6.45, 7) is 6.72. The summed E-state index contributed by atoms with van der Waals surface area (Å²) in [6, 6.07) is 0. The molecule has 0 aromatic heterocycles. The highest BCUT2D eigenvalue weighted by atomic mass is 16.5. The Morgan fingerprint density at radius 3 is 2.86 bits per heavy atom. The molecule has 0 unspecified atom stereocenters. The Morgan fingerprint density at radius 1 is 1.71 bits per heavy atom. The standard InChI is InChI=1S/C6H11O/c1-3-5-6-7-4-2/h3,5H,2,4,6H2,1H3/b5-3+. The van der Waals surface area contributed by atoms with Crippen LogP contribution in [0.1, 0.15) is 6.92 Å². The van der Waals surface area contributed by atoms with Crippen LogP contribution in [0.5, 0.6) is 0 Å². The van der Waals surface area contributed by atoms with E-state index in [9.17, 15) is 0 Å². The second-order valence-corrected chi connectivity index (χ2v) is 1.14. The van der Waals surface area contributed by atoms with Gasteiger partial charge in [-0.15, -0.1) is 0 Å². The molecule has 0 saturated heterocycles. The lowest BCUT2D eigenvalue weighted by Gasteiger charge is -1.89. The molecule has 0 bridgehead atoms. The van der Waals surface area contributed by atoms with E-state index in [0.29, 0.717) is 13.2 Å². The Hall–Kier alpha value is -0.300. The highest BCUT2D eigenvalue weighted by Crippen LogP contribution is 1.73. The quantitative estimate of drug-likeness (QED) is 0.384. The summed E-state index contributed by atoms with van der Waals surface area (Å²) >= 11 is 0. The van der Waals surface area contributed by atoms with E-state index in [1.807, 2.05) is 19.1 Å². The lowest BCUT2D eigenvalue weighted by molar-refractivity contribution is 0.192. The molecule has 0 aliphatic rings. The van der Waals surface area contributed by atoms with Crippen LogP contribution in [0.3, 0.4) is 0 Å². The summed E-state index contributed by atoms with van der Waals surface area (Å²) in [6.07, 6.45) is 3.90. The molecule has 0 aromatic carbocycles. The van der Waals surface area contributed by atoms with Gasteiger partial charge in [-0.2, -0.15) is 0 Å². The van der Waals surface area contributed by atoms with Gasteiger partial charge < -0.3 is 4.74 Å². The predicted octanol–water partition coefficient (Wildman–Crippen LogP) is 1.41. The van der Waals surface area contributed by atoms with Crippen LogP contribution in [-0.2, 0) is 4.74 Å². The van der Waals surface area contributed by atoms with Crippen LogP contribution < -0.4 is 0 Å². The first-order valence-corrected chi connectivity index (χ1v) is 2.40. The monoisotopic (exact) mass is 99.1 g/mol. The molecular formula is C6H11O. The highest BCUT2D eigenvalue weighted by molar-refractivity contribution is 4.75. The van der Waals surface area contributed by atoms with Crippen molar-refractivity contribution in [3.8, 4) is 0 Å². The Bertz CT molecular complexity index is 48.1. The van der Waals surface area contributed by atoms with Crippen molar-refractivity contribution in [1.29, 1.82) is 0 Å². The molecule has 0 atom stereocenters. The Morgan fingerprint density at radius 2 is 2.43 bits per heavy atom. The Kier molecular flexibility index (Phi) is 5.46. The number of allylic oxidation sites excluding steroid dienone is 1. The van der Waals surface area contributed by atoms with Crippen LogP contribution >= 0.6 is 0 Å². The highest BCUT2D eigenvalue weighted by Gasteiger charge is 1.70. The molecule has 1 nitrogen and oxygen atoms in total. The molecule has 41 valence electrons. The molecule has 0 aliphatic heterocycles. The molecule has 0 heterocycles. The van der Waals surface area contributed by atoms with Gasteiger partial charge in [-0.1, -0.05) is 12.2 Å². The molecule has 7 heavy (non-hydrogen) atoms. The lowest BCUT2D eigenvalue weighted by atomic mass is 10.5. The third-order valence-electron chi connectivity index (χ3n) is 0.594. The molecule has 0 amide bonds. The first-order valence-electron chi connectivity index (χ1n) is 2.40. The van der Waals surface area contributed by atoms with Gasteiger partial charge in [0.1, 0.15) is 0 Å². The first kappa shape index (κ1) is 6.70. The van der Waals surface area contributed by atoms with Gasteiger partial charge in [-0.25, -0.2) is 0 Å². The van der Waals surface area contributed by atoms with Crippen molar-refractivity contribution in [1.82, 2.24) is 0 Å². The van der Waals surface area contributed by atoms with Gasteiger partial charge in [0.15, 0.2) is 0 Å². The van der Waals surface area contributed by atoms with Crippen molar-refractivity contribution in [2.45, 2.75) is 6.92 Å². The molecule has 1 heteroatoms. The molecule has 0 aliphatic carbocycles. The van der Waals surface area contributed by atoms with Gasteiger partial charge in [0.25, 0.3) is 0 Å². The summed E-state index contributed by atoms with van der Waals surface area (Å²) in [5.74, 6) is 0. The Labute approximate surface area is 45.0 Å². The van der Waals surface area contributed by atoms with Gasteiger partial charge >= 0.3 is 0 Å². The van der Waals surface area contributed by atoms with Crippen LogP contribution in [-0.4, -0.2) is 13.2 Å². The minimum atomic E-state index is 0.560. The van der Waals surface area contributed by atoms with Crippen molar-refractivity contribution in [2.75, 3.05) is 13.2 Å². The third kappa shape index (κ3) is 5.70. The zero-order chi connectivity index (χ0) is 5.54. The number of rotatable bonds is 3. The molecule has 0 spiro atoms. The van der Waals surface area contributed by atoms with E-state index >= 15 is 0 Å². The van der Waals surface area contributed by atoms with Gasteiger partial charge in [-0.05, 0) is 13.8 Å². The second-order valence-electron chi connectivity index (χ2n) is 1.14. The second kappa shape index (κ2) is 5.70. The Balaban J connectivity index is 2.69. The van der Waals surface area contributed by atoms with E-state index in [4.69, 9.17) is 4.74 Å². The van der Waals surface area contributed by atoms with E-state index in [-0.39, 0.29) is 0 Å². The van der Waals surface area contributed by atoms with Gasteiger partial charge in [0.2, 0.25) is 0 Å². The van der Waals surface area contributed by atoms with Crippen molar-refractivity contribution in [3.05, 3.63) is 19.1 Å². The van der Waals surface area contributed by atoms with Gasteiger partial charge in [-0.3, -0.25) is 0 Å². The molecule has 0 saturated carbocycles. The molecule has 0 aromatic rings. The smallest absolute Gasteiger partial charge is 0.0647 e. The minimum Gasteiger partial charge on any atom is -0.377 e. The minimum absolute atomic E-state index is 0.560. The zero-order valence-corrected chi connectivity index (χ0v) is 4.68. The normalized spacial score (nSPS) is 10.6. The molecule has 0 N–H and O–H groups in total. The molecule has 1 radical (unpaired) electrons. The van der Waals surface area contributed by atoms with Crippen LogP contribution in [0.4, 0.5) is 0 Å². The van der Waals surface area contributed by atoms with E-state index in [1.54, 1.807) is 0 Å². The zero-order valence-electron chi connectivity index (χ0n) is 4.68. The maximum atomic E-state index is 4.88. The van der Waals surface area contributed by atoms with Crippen molar-refractivity contribution >= 4 is 0 Å². The van der Waals surface area contributed by atoms with Crippen molar-refractivity contribution in [3.63, 3.8) is 0 Å². The van der Waals surface area contributed by atoms with E-state index in [2.05, 4.69) is 6.92 Å². The van der Waals surface area contributed by atoms with E-state index < -0.39 is 0 Å². The first-order chi connectivity index (χ1) is 3.41. The van der Waals surface area contributed by atoms with Gasteiger partial charge in [0, 0.05) is 6.61 Å². The number of hydrogen-bond donors (Lipinski definition) is 0. The predicted molar refractivity (Wildman–Crippen MR) is 31.0 cm³/mol. The van der Waals surface area contributed by atoms with E-state index in [0.717, 1.165) is 0 Å². The summed E-state index contributed by atoms with van der Waals surface area (Å²) in [5.41, 5.74) is 0. The van der Waals surface area contributed by atoms with Crippen LogP contribution in [0.25, 0.3) is 0 Å². The molecular weight excluding hydrogens is 88.1 g/mol. The summed E-state index contributed by atoms with van der Waals surface area (Å²) in [7, 11) is 0. The lowest BCUT2D eigenvalue weighted by Crippen LogP contribution is -1.87. The maximum Gasteiger partial charge on any atom is 0.0647 e. The van der Waals surface area contributed by atoms with Crippen molar-refractivity contribution in [2.24, 2.45) is 0 Å². The number of hydrogen-bond acceptors (Lipinski definition) is 1. The molecule has 0 rings (SSSR count).